The fourth-order valence-electron chi connectivity index (χ4n) is 3.07. The molecule has 1 aliphatic carbocycles. The minimum atomic E-state index is 0.563. The van der Waals surface area contributed by atoms with Gasteiger partial charge in [-0.25, -0.2) is 0 Å². The van der Waals surface area contributed by atoms with Crippen molar-refractivity contribution >= 4 is 34.4 Å². The number of thiocarbonyl (C=S) groups is 1. The zero-order valence-electron chi connectivity index (χ0n) is 14.6. The first-order valence-electron chi connectivity index (χ1n) is 8.83. The maximum Gasteiger partial charge on any atom is 0.173 e. The van der Waals surface area contributed by atoms with Crippen LogP contribution >= 0.6 is 12.2 Å². The second-order valence-corrected chi connectivity index (χ2v) is 6.80. The van der Waals surface area contributed by atoms with E-state index in [9.17, 15) is 0 Å². The van der Waals surface area contributed by atoms with Gasteiger partial charge in [0.15, 0.2) is 5.11 Å². The van der Waals surface area contributed by atoms with Gasteiger partial charge in [-0.2, -0.15) is 10.2 Å². The van der Waals surface area contributed by atoms with E-state index in [1.165, 1.54) is 32.1 Å². The average Bonchev–Trinajstić information content (AvgIpc) is 2.68. The maximum atomic E-state index is 5.56. The first-order chi connectivity index (χ1) is 12.2. The van der Waals surface area contributed by atoms with Gasteiger partial charge < -0.3 is 10.2 Å². The Balaban J connectivity index is 1.56. The molecule has 2 aromatic carbocycles. The van der Waals surface area contributed by atoms with Crippen LogP contribution in [0.3, 0.4) is 0 Å². The molecule has 1 N–H and O–H groups in total. The van der Waals surface area contributed by atoms with Crippen LogP contribution in [0.4, 0.5) is 17.1 Å². The van der Waals surface area contributed by atoms with E-state index in [-0.39, 0.29) is 0 Å². The third-order valence-electron chi connectivity index (χ3n) is 4.60. The zero-order chi connectivity index (χ0) is 17.5. The van der Waals surface area contributed by atoms with E-state index in [1.54, 1.807) is 0 Å². The van der Waals surface area contributed by atoms with E-state index in [0.29, 0.717) is 6.04 Å². The van der Waals surface area contributed by atoms with Gasteiger partial charge in [0.1, 0.15) is 0 Å². The van der Waals surface area contributed by atoms with Crippen LogP contribution in [0.25, 0.3) is 0 Å². The summed E-state index contributed by atoms with van der Waals surface area (Å²) in [4.78, 5) is 2.21. The Labute approximate surface area is 155 Å². The van der Waals surface area contributed by atoms with Crippen molar-refractivity contribution in [1.82, 2.24) is 4.90 Å². The summed E-state index contributed by atoms with van der Waals surface area (Å²) in [5.74, 6) is 0. The predicted molar refractivity (Wildman–Crippen MR) is 108 cm³/mol. The van der Waals surface area contributed by atoms with Gasteiger partial charge in [-0.1, -0.05) is 37.5 Å². The second-order valence-electron chi connectivity index (χ2n) is 6.42. The zero-order valence-corrected chi connectivity index (χ0v) is 15.4. The van der Waals surface area contributed by atoms with E-state index in [1.807, 2.05) is 54.6 Å². The topological polar surface area (TPSA) is 40.0 Å². The molecular weight excluding hydrogens is 328 g/mol. The van der Waals surface area contributed by atoms with E-state index in [2.05, 4.69) is 27.5 Å². The van der Waals surface area contributed by atoms with Gasteiger partial charge in [-0.05, 0) is 61.5 Å². The first-order valence-corrected chi connectivity index (χ1v) is 9.24. The van der Waals surface area contributed by atoms with Crippen LogP contribution in [0.15, 0.2) is 64.8 Å². The molecule has 0 spiro atoms. The Hall–Kier alpha value is -2.27. The molecule has 0 saturated heterocycles. The normalized spacial score (nSPS) is 15.2. The summed E-state index contributed by atoms with van der Waals surface area (Å²) in [6.45, 7) is 0. The highest BCUT2D eigenvalue weighted by atomic mass is 32.1. The smallest absolute Gasteiger partial charge is 0.173 e. The molecule has 5 heteroatoms. The monoisotopic (exact) mass is 352 g/mol. The number of azo groups is 1. The highest BCUT2D eigenvalue weighted by Gasteiger charge is 2.19. The summed E-state index contributed by atoms with van der Waals surface area (Å²) < 4.78 is 0. The molecule has 1 aliphatic rings. The van der Waals surface area contributed by atoms with E-state index < -0.39 is 0 Å². The van der Waals surface area contributed by atoms with Gasteiger partial charge in [-0.3, -0.25) is 0 Å². The van der Waals surface area contributed by atoms with E-state index >= 15 is 0 Å². The molecule has 0 amide bonds. The first kappa shape index (κ1) is 17.5. The summed E-state index contributed by atoms with van der Waals surface area (Å²) in [5, 5.41) is 12.6. The Kier molecular flexibility index (Phi) is 6.12. The molecule has 2 aromatic rings. The average molecular weight is 353 g/mol. The highest BCUT2D eigenvalue weighted by Crippen LogP contribution is 2.23. The highest BCUT2D eigenvalue weighted by molar-refractivity contribution is 7.80. The van der Waals surface area contributed by atoms with Crippen molar-refractivity contribution in [3.63, 3.8) is 0 Å². The van der Waals surface area contributed by atoms with Gasteiger partial charge >= 0.3 is 0 Å². The number of hydrogen-bond donors (Lipinski definition) is 1. The summed E-state index contributed by atoms with van der Waals surface area (Å²) in [7, 11) is 2.09. The quantitative estimate of drug-likeness (QED) is 0.537. The molecule has 0 unspecified atom stereocenters. The van der Waals surface area contributed by atoms with Crippen LogP contribution in [-0.4, -0.2) is 23.1 Å². The lowest BCUT2D eigenvalue weighted by molar-refractivity contribution is 0.281. The largest absolute Gasteiger partial charge is 0.349 e. The number of nitrogens with zero attached hydrogens (tertiary/aromatic N) is 3. The second kappa shape index (κ2) is 8.72. The van der Waals surface area contributed by atoms with Crippen molar-refractivity contribution in [2.45, 2.75) is 38.1 Å². The standard InChI is InChI=1S/C20H24N4S/c1-24(19-10-6-3-7-11-19)20(25)21-16-12-14-18(15-13-16)23-22-17-8-4-2-5-9-17/h2,4-5,8-9,12-15,19H,3,6-7,10-11H2,1H3,(H,21,25). The molecule has 1 fully saturated rings. The van der Waals surface area contributed by atoms with Crippen molar-refractivity contribution in [1.29, 1.82) is 0 Å². The molecule has 0 bridgehead atoms. The summed E-state index contributed by atoms with van der Waals surface area (Å²) in [6.07, 6.45) is 6.43. The van der Waals surface area contributed by atoms with Crippen molar-refractivity contribution in [3.8, 4) is 0 Å². The lowest BCUT2D eigenvalue weighted by atomic mass is 9.95. The molecular formula is C20H24N4S. The predicted octanol–water partition coefficient (Wildman–Crippen LogP) is 6.06. The SMILES string of the molecule is CN(C(=S)Nc1ccc(N=Nc2ccccc2)cc1)C1CCCCC1. The molecule has 0 radical (unpaired) electrons. The van der Waals surface area contributed by atoms with E-state index in [4.69, 9.17) is 12.2 Å². The number of anilines is 1. The Bertz CT molecular complexity index is 706. The van der Waals surface area contributed by atoms with Gasteiger partial charge in [0.25, 0.3) is 0 Å². The molecule has 4 nitrogen and oxygen atoms in total. The summed E-state index contributed by atoms with van der Waals surface area (Å²) in [5.41, 5.74) is 2.65. The fraction of sp³-hybridized carbons (Fsp3) is 0.350. The third-order valence-corrected chi connectivity index (χ3v) is 4.99. The minimum absolute atomic E-state index is 0.563. The van der Waals surface area contributed by atoms with Crippen LogP contribution < -0.4 is 5.32 Å². The number of hydrogen-bond acceptors (Lipinski definition) is 3. The van der Waals surface area contributed by atoms with Crippen molar-refractivity contribution < 1.29 is 0 Å². The number of rotatable bonds is 4. The lowest BCUT2D eigenvalue weighted by Crippen LogP contribution is -2.40. The van der Waals surface area contributed by atoms with Gasteiger partial charge in [-0.15, -0.1) is 0 Å². The number of nitrogens with one attached hydrogen (secondary N) is 1. The van der Waals surface area contributed by atoms with Crippen molar-refractivity contribution in [3.05, 3.63) is 54.6 Å². The molecule has 130 valence electrons. The molecule has 0 atom stereocenters. The number of benzene rings is 2. The van der Waals surface area contributed by atoms with Crippen LogP contribution in [0.5, 0.6) is 0 Å². The molecule has 3 rings (SSSR count). The van der Waals surface area contributed by atoms with Crippen LogP contribution in [0, 0.1) is 0 Å². The summed E-state index contributed by atoms with van der Waals surface area (Å²) in [6, 6.07) is 18.1. The Morgan fingerprint density at radius 3 is 2.16 bits per heavy atom. The fourth-order valence-corrected chi connectivity index (χ4v) is 3.33. The summed E-state index contributed by atoms with van der Waals surface area (Å²) >= 11 is 5.56. The van der Waals surface area contributed by atoms with E-state index in [0.717, 1.165) is 22.2 Å². The van der Waals surface area contributed by atoms with Crippen molar-refractivity contribution in [2.24, 2.45) is 10.2 Å². The lowest BCUT2D eigenvalue weighted by Gasteiger charge is -2.33. The van der Waals surface area contributed by atoms with Gasteiger partial charge in [0.2, 0.25) is 0 Å². The minimum Gasteiger partial charge on any atom is -0.349 e. The van der Waals surface area contributed by atoms with Gasteiger partial charge in [0.05, 0.1) is 11.4 Å². The Morgan fingerprint density at radius 2 is 1.52 bits per heavy atom. The van der Waals surface area contributed by atoms with Crippen LogP contribution in [0.2, 0.25) is 0 Å². The Morgan fingerprint density at radius 1 is 0.920 bits per heavy atom. The molecule has 0 aromatic heterocycles. The van der Waals surface area contributed by atoms with Crippen LogP contribution in [0.1, 0.15) is 32.1 Å². The van der Waals surface area contributed by atoms with Crippen molar-refractivity contribution in [2.75, 3.05) is 12.4 Å². The molecule has 25 heavy (non-hydrogen) atoms. The van der Waals surface area contributed by atoms with Crippen LogP contribution in [-0.2, 0) is 0 Å². The molecule has 1 saturated carbocycles. The molecule has 0 aliphatic heterocycles. The maximum absolute atomic E-state index is 5.56. The van der Waals surface area contributed by atoms with Gasteiger partial charge in [0, 0.05) is 18.8 Å². The molecule has 0 heterocycles. The third kappa shape index (κ3) is 5.10.